The monoisotopic (exact) mass is 345 g/mol. The molecular weight excluding hydrogens is 330 g/mol. The van der Waals surface area contributed by atoms with Crippen molar-refractivity contribution in [2.75, 3.05) is 0 Å². The first kappa shape index (κ1) is 14.1. The standard InChI is InChI=1S/C17H16BrNO2/c18-14-7-4-12(5-8-14)11-21-15-9-6-13-2-1-3-17(19-20)16(13)10-15/h4-10,20H,1-3,11H2/b19-17-. The molecule has 4 heteroatoms. The van der Waals surface area contributed by atoms with Gasteiger partial charge in [-0.25, -0.2) is 0 Å². The van der Waals surface area contributed by atoms with Crippen LogP contribution in [0.25, 0.3) is 0 Å². The van der Waals surface area contributed by atoms with Crippen molar-refractivity contribution in [2.24, 2.45) is 5.16 Å². The third-order valence-electron chi connectivity index (χ3n) is 3.69. The van der Waals surface area contributed by atoms with E-state index in [4.69, 9.17) is 9.94 Å². The van der Waals surface area contributed by atoms with Crippen LogP contribution >= 0.6 is 15.9 Å². The Kier molecular flexibility index (Phi) is 4.25. The third kappa shape index (κ3) is 3.27. The van der Waals surface area contributed by atoms with Gasteiger partial charge in [0.1, 0.15) is 12.4 Å². The second kappa shape index (κ2) is 6.31. The molecule has 0 fully saturated rings. The first-order valence-corrected chi connectivity index (χ1v) is 7.77. The number of halogens is 1. The fraction of sp³-hybridized carbons (Fsp3) is 0.235. The van der Waals surface area contributed by atoms with Gasteiger partial charge >= 0.3 is 0 Å². The molecule has 1 aliphatic carbocycles. The quantitative estimate of drug-likeness (QED) is 0.655. The van der Waals surface area contributed by atoms with Crippen molar-refractivity contribution in [3.63, 3.8) is 0 Å². The fourth-order valence-corrected chi connectivity index (χ4v) is 2.83. The summed E-state index contributed by atoms with van der Waals surface area (Å²) < 4.78 is 6.90. The highest BCUT2D eigenvalue weighted by atomic mass is 79.9. The van der Waals surface area contributed by atoms with Gasteiger partial charge in [-0.1, -0.05) is 39.3 Å². The summed E-state index contributed by atoms with van der Waals surface area (Å²) in [6.45, 7) is 0.525. The number of hydrogen-bond donors (Lipinski definition) is 1. The number of nitrogens with zero attached hydrogens (tertiary/aromatic N) is 1. The van der Waals surface area contributed by atoms with Gasteiger partial charge in [-0.2, -0.15) is 0 Å². The molecule has 0 unspecified atom stereocenters. The average molecular weight is 346 g/mol. The largest absolute Gasteiger partial charge is 0.489 e. The Morgan fingerprint density at radius 2 is 1.90 bits per heavy atom. The first-order chi connectivity index (χ1) is 10.3. The molecule has 3 rings (SSSR count). The zero-order chi connectivity index (χ0) is 14.7. The SMILES string of the molecule is O/N=C1/CCCc2ccc(OCc3ccc(Br)cc3)cc21. The fourth-order valence-electron chi connectivity index (χ4n) is 2.56. The third-order valence-corrected chi connectivity index (χ3v) is 4.22. The summed E-state index contributed by atoms with van der Waals surface area (Å²) in [6.07, 6.45) is 2.88. The van der Waals surface area contributed by atoms with E-state index < -0.39 is 0 Å². The number of rotatable bonds is 3. The van der Waals surface area contributed by atoms with Crippen LogP contribution in [-0.2, 0) is 13.0 Å². The topological polar surface area (TPSA) is 41.8 Å². The van der Waals surface area contributed by atoms with E-state index in [2.05, 4.69) is 27.2 Å². The lowest BCUT2D eigenvalue weighted by molar-refractivity contribution is 0.305. The lowest BCUT2D eigenvalue weighted by atomic mass is 9.90. The highest BCUT2D eigenvalue weighted by Gasteiger charge is 2.16. The molecule has 2 aromatic rings. The van der Waals surface area contributed by atoms with E-state index in [1.807, 2.05) is 36.4 Å². The van der Waals surface area contributed by atoms with Crippen LogP contribution in [0.2, 0.25) is 0 Å². The normalized spacial score (nSPS) is 15.8. The Hall–Kier alpha value is -1.81. The molecule has 0 saturated heterocycles. The highest BCUT2D eigenvalue weighted by Crippen LogP contribution is 2.26. The van der Waals surface area contributed by atoms with E-state index in [0.717, 1.165) is 46.3 Å². The molecule has 0 atom stereocenters. The van der Waals surface area contributed by atoms with Crippen molar-refractivity contribution in [1.82, 2.24) is 0 Å². The number of hydrogen-bond acceptors (Lipinski definition) is 3. The lowest BCUT2D eigenvalue weighted by Crippen LogP contribution is -2.12. The van der Waals surface area contributed by atoms with Crippen LogP contribution in [0.3, 0.4) is 0 Å². The molecule has 108 valence electrons. The van der Waals surface area contributed by atoms with Gasteiger partial charge in [0, 0.05) is 10.0 Å². The molecule has 2 aromatic carbocycles. The maximum absolute atomic E-state index is 9.11. The Balaban J connectivity index is 1.76. The summed E-state index contributed by atoms with van der Waals surface area (Å²) in [4.78, 5) is 0. The van der Waals surface area contributed by atoms with E-state index in [1.165, 1.54) is 5.56 Å². The average Bonchev–Trinajstić information content (AvgIpc) is 2.53. The van der Waals surface area contributed by atoms with E-state index in [0.29, 0.717) is 6.61 Å². The summed E-state index contributed by atoms with van der Waals surface area (Å²) >= 11 is 3.42. The molecule has 1 N–H and O–H groups in total. The second-order valence-corrected chi connectivity index (χ2v) is 6.05. The molecule has 0 amide bonds. The highest BCUT2D eigenvalue weighted by molar-refractivity contribution is 9.10. The number of oxime groups is 1. The molecule has 1 aliphatic rings. The maximum atomic E-state index is 9.11. The first-order valence-electron chi connectivity index (χ1n) is 6.98. The van der Waals surface area contributed by atoms with Gasteiger partial charge in [-0.3, -0.25) is 0 Å². The molecular formula is C17H16BrNO2. The Morgan fingerprint density at radius 1 is 1.10 bits per heavy atom. The van der Waals surface area contributed by atoms with Crippen LogP contribution in [0.4, 0.5) is 0 Å². The number of ether oxygens (including phenoxy) is 1. The van der Waals surface area contributed by atoms with Crippen LogP contribution in [0.5, 0.6) is 5.75 Å². The maximum Gasteiger partial charge on any atom is 0.120 e. The van der Waals surface area contributed by atoms with E-state index in [1.54, 1.807) is 0 Å². The lowest BCUT2D eigenvalue weighted by Gasteiger charge is -2.18. The molecule has 0 aromatic heterocycles. The van der Waals surface area contributed by atoms with Crippen molar-refractivity contribution < 1.29 is 9.94 Å². The minimum atomic E-state index is 0.525. The minimum Gasteiger partial charge on any atom is -0.489 e. The summed E-state index contributed by atoms with van der Waals surface area (Å²) in [5.74, 6) is 0.805. The van der Waals surface area contributed by atoms with Gasteiger partial charge in [0.25, 0.3) is 0 Å². The molecule has 0 bridgehead atoms. The minimum absolute atomic E-state index is 0.525. The number of fused-ring (bicyclic) bond motifs is 1. The van der Waals surface area contributed by atoms with Crippen molar-refractivity contribution in [3.05, 3.63) is 63.6 Å². The Morgan fingerprint density at radius 3 is 2.67 bits per heavy atom. The summed E-state index contributed by atoms with van der Waals surface area (Å²) in [6, 6.07) is 14.1. The van der Waals surface area contributed by atoms with E-state index in [-0.39, 0.29) is 0 Å². The van der Waals surface area contributed by atoms with Crippen LogP contribution in [0.15, 0.2) is 52.1 Å². The molecule has 0 aliphatic heterocycles. The van der Waals surface area contributed by atoms with E-state index in [9.17, 15) is 0 Å². The molecule has 0 spiro atoms. The van der Waals surface area contributed by atoms with Gasteiger partial charge < -0.3 is 9.94 Å². The molecule has 0 saturated carbocycles. The van der Waals surface area contributed by atoms with Crippen molar-refractivity contribution in [2.45, 2.75) is 25.9 Å². The van der Waals surface area contributed by atoms with Gasteiger partial charge in [0.05, 0.1) is 5.71 Å². The zero-order valence-corrected chi connectivity index (χ0v) is 13.1. The van der Waals surface area contributed by atoms with Gasteiger partial charge in [0.2, 0.25) is 0 Å². The Labute approximate surface area is 132 Å². The second-order valence-electron chi connectivity index (χ2n) is 5.13. The summed E-state index contributed by atoms with van der Waals surface area (Å²) in [5.41, 5.74) is 4.11. The number of aryl methyl sites for hydroxylation is 1. The molecule has 0 radical (unpaired) electrons. The summed E-state index contributed by atoms with van der Waals surface area (Å²) in [5, 5.41) is 12.5. The van der Waals surface area contributed by atoms with Crippen molar-refractivity contribution in [3.8, 4) is 5.75 Å². The van der Waals surface area contributed by atoms with Crippen LogP contribution in [-0.4, -0.2) is 10.9 Å². The summed E-state index contributed by atoms with van der Waals surface area (Å²) in [7, 11) is 0. The molecule has 3 nitrogen and oxygen atoms in total. The van der Waals surface area contributed by atoms with Gasteiger partial charge in [-0.15, -0.1) is 0 Å². The predicted octanol–water partition coefficient (Wildman–Crippen LogP) is 4.54. The van der Waals surface area contributed by atoms with Crippen LogP contribution in [0, 0.1) is 0 Å². The predicted molar refractivity (Wildman–Crippen MR) is 86.2 cm³/mol. The Bertz CT molecular complexity index is 665. The smallest absolute Gasteiger partial charge is 0.120 e. The number of benzene rings is 2. The van der Waals surface area contributed by atoms with Crippen LogP contribution in [0.1, 0.15) is 29.5 Å². The van der Waals surface area contributed by atoms with Crippen molar-refractivity contribution in [1.29, 1.82) is 0 Å². The van der Waals surface area contributed by atoms with Gasteiger partial charge in [-0.05, 0) is 54.7 Å². The molecule has 21 heavy (non-hydrogen) atoms. The van der Waals surface area contributed by atoms with Gasteiger partial charge in [0.15, 0.2) is 0 Å². The molecule has 0 heterocycles. The van der Waals surface area contributed by atoms with E-state index >= 15 is 0 Å². The van der Waals surface area contributed by atoms with Crippen molar-refractivity contribution >= 4 is 21.6 Å². The van der Waals surface area contributed by atoms with Crippen LogP contribution < -0.4 is 4.74 Å². The zero-order valence-electron chi connectivity index (χ0n) is 11.6.